The summed E-state index contributed by atoms with van der Waals surface area (Å²) in [4.78, 5) is 0. The second-order valence-corrected chi connectivity index (χ2v) is 4.21. The largest absolute Gasteiger partial charge is 0.308 e. The normalized spacial score (nSPS) is 12.4. The summed E-state index contributed by atoms with van der Waals surface area (Å²) in [5.74, 6) is 0. The Balaban J connectivity index is 2.63. The van der Waals surface area contributed by atoms with E-state index in [1.54, 1.807) is 0 Å². The number of rotatable bonds is 3. The van der Waals surface area contributed by atoms with Crippen LogP contribution in [-0.4, -0.2) is 15.7 Å². The third kappa shape index (κ3) is 3.06. The maximum Gasteiger partial charge on any atom is 0.280 e. The Hall–Kier alpha value is -0.970. The smallest absolute Gasteiger partial charge is 0.280 e. The number of aromatic nitrogens is 2. The molecule has 1 heterocycles. The van der Waals surface area contributed by atoms with Gasteiger partial charge in [-0.2, -0.15) is 5.10 Å². The molecule has 5 heteroatoms. The lowest BCUT2D eigenvalue weighted by Gasteiger charge is -2.20. The van der Waals surface area contributed by atoms with E-state index in [0.717, 1.165) is 0 Å². The van der Waals surface area contributed by atoms with Gasteiger partial charge in [-0.25, -0.2) is 8.78 Å². The minimum absolute atomic E-state index is 0.0866. The molecule has 1 aromatic heterocycles. The van der Waals surface area contributed by atoms with E-state index in [0.29, 0.717) is 12.1 Å². The summed E-state index contributed by atoms with van der Waals surface area (Å²) in [6.45, 7) is 6.35. The molecule has 3 nitrogen and oxygen atoms in total. The molecule has 80 valence electrons. The van der Waals surface area contributed by atoms with Gasteiger partial charge in [-0.05, 0) is 20.8 Å². The summed E-state index contributed by atoms with van der Waals surface area (Å²) in [5.41, 5.74) is 0.341. The van der Waals surface area contributed by atoms with E-state index in [9.17, 15) is 8.78 Å². The average Bonchev–Trinajstić information content (AvgIpc) is 2.46. The molecule has 0 saturated carbocycles. The van der Waals surface area contributed by atoms with E-state index in [1.165, 1.54) is 6.20 Å². The van der Waals surface area contributed by atoms with Crippen molar-refractivity contribution in [1.29, 1.82) is 0 Å². The lowest BCUT2D eigenvalue weighted by Crippen LogP contribution is -2.35. The molecular weight excluding hydrogens is 188 g/mol. The predicted octanol–water partition coefficient (Wildman–Crippen LogP) is 2.24. The third-order valence-electron chi connectivity index (χ3n) is 1.78. The van der Waals surface area contributed by atoms with E-state index in [1.807, 2.05) is 20.8 Å². The van der Waals surface area contributed by atoms with Gasteiger partial charge in [-0.1, -0.05) is 0 Å². The molecule has 14 heavy (non-hydrogen) atoms. The zero-order valence-corrected chi connectivity index (χ0v) is 8.56. The highest BCUT2D eigenvalue weighted by atomic mass is 19.3. The number of nitrogens with zero attached hydrogens (tertiary/aromatic N) is 1. The first-order valence-corrected chi connectivity index (χ1v) is 4.45. The first kappa shape index (κ1) is 11.1. The van der Waals surface area contributed by atoms with Crippen molar-refractivity contribution in [2.75, 3.05) is 0 Å². The van der Waals surface area contributed by atoms with Crippen molar-refractivity contribution in [2.24, 2.45) is 0 Å². The minimum Gasteiger partial charge on any atom is -0.308 e. The van der Waals surface area contributed by atoms with Gasteiger partial charge in [0, 0.05) is 17.6 Å². The Kier molecular flexibility index (Phi) is 3.21. The van der Waals surface area contributed by atoms with Crippen LogP contribution in [-0.2, 0) is 6.54 Å². The number of aromatic amines is 1. The van der Waals surface area contributed by atoms with Crippen LogP contribution < -0.4 is 5.32 Å². The molecule has 0 amide bonds. The van der Waals surface area contributed by atoms with Crippen LogP contribution in [0.5, 0.6) is 0 Å². The maximum absolute atomic E-state index is 12.4. The Bertz CT molecular complexity index is 288. The lowest BCUT2D eigenvalue weighted by molar-refractivity contribution is 0.144. The van der Waals surface area contributed by atoms with Crippen LogP contribution in [0.25, 0.3) is 0 Å². The van der Waals surface area contributed by atoms with Gasteiger partial charge in [0.05, 0.1) is 6.20 Å². The molecule has 1 rings (SSSR count). The quantitative estimate of drug-likeness (QED) is 0.790. The van der Waals surface area contributed by atoms with Crippen LogP contribution in [0.15, 0.2) is 6.20 Å². The van der Waals surface area contributed by atoms with Crippen molar-refractivity contribution in [1.82, 2.24) is 15.5 Å². The van der Waals surface area contributed by atoms with Crippen LogP contribution in [0.1, 0.15) is 38.5 Å². The van der Waals surface area contributed by atoms with Crippen LogP contribution in [0.2, 0.25) is 0 Å². The molecule has 0 aliphatic carbocycles. The summed E-state index contributed by atoms with van der Waals surface area (Å²) in [5, 5.41) is 9.03. The molecule has 2 N–H and O–H groups in total. The number of H-pyrrole nitrogens is 1. The van der Waals surface area contributed by atoms with Gasteiger partial charge in [-0.3, -0.25) is 5.10 Å². The Morgan fingerprint density at radius 1 is 1.50 bits per heavy atom. The molecular formula is C9H15F2N3. The van der Waals surface area contributed by atoms with Gasteiger partial charge in [0.25, 0.3) is 6.43 Å². The van der Waals surface area contributed by atoms with E-state index < -0.39 is 6.43 Å². The van der Waals surface area contributed by atoms with Crippen molar-refractivity contribution in [3.63, 3.8) is 0 Å². The lowest BCUT2D eigenvalue weighted by atomic mass is 10.1. The molecule has 0 fully saturated rings. The van der Waals surface area contributed by atoms with Crippen molar-refractivity contribution >= 4 is 0 Å². The Morgan fingerprint density at radius 2 is 2.14 bits per heavy atom. The number of nitrogens with one attached hydrogen (secondary N) is 2. The zero-order valence-electron chi connectivity index (χ0n) is 8.56. The van der Waals surface area contributed by atoms with Crippen molar-refractivity contribution < 1.29 is 8.78 Å². The second-order valence-electron chi connectivity index (χ2n) is 4.21. The van der Waals surface area contributed by atoms with Gasteiger partial charge in [-0.15, -0.1) is 0 Å². The summed E-state index contributed by atoms with van der Waals surface area (Å²) in [6, 6.07) is 0. The molecule has 0 aromatic carbocycles. The van der Waals surface area contributed by atoms with Gasteiger partial charge in [0.2, 0.25) is 0 Å². The molecule has 0 spiro atoms. The number of halogens is 2. The number of hydrogen-bond donors (Lipinski definition) is 2. The van der Waals surface area contributed by atoms with E-state index in [4.69, 9.17) is 0 Å². The van der Waals surface area contributed by atoms with Crippen molar-refractivity contribution in [3.05, 3.63) is 17.5 Å². The highest BCUT2D eigenvalue weighted by Gasteiger charge is 2.16. The van der Waals surface area contributed by atoms with Crippen LogP contribution in [0.3, 0.4) is 0 Å². The SMILES string of the molecule is CC(C)(C)NCc1cn[nH]c1C(F)F. The van der Waals surface area contributed by atoms with Crippen LogP contribution >= 0.6 is 0 Å². The fourth-order valence-corrected chi connectivity index (χ4v) is 1.01. The van der Waals surface area contributed by atoms with Crippen molar-refractivity contribution in [2.45, 2.75) is 39.3 Å². The highest BCUT2D eigenvalue weighted by Crippen LogP contribution is 2.20. The average molecular weight is 203 g/mol. The monoisotopic (exact) mass is 203 g/mol. The number of hydrogen-bond acceptors (Lipinski definition) is 2. The molecule has 0 radical (unpaired) electrons. The number of alkyl halides is 2. The molecule has 0 aliphatic heterocycles. The highest BCUT2D eigenvalue weighted by molar-refractivity contribution is 5.17. The summed E-state index contributed by atoms with van der Waals surface area (Å²) in [7, 11) is 0. The van der Waals surface area contributed by atoms with Gasteiger partial charge < -0.3 is 5.32 Å². The predicted molar refractivity (Wildman–Crippen MR) is 50.1 cm³/mol. The molecule has 0 saturated heterocycles. The van der Waals surface area contributed by atoms with Gasteiger partial charge in [0.15, 0.2) is 0 Å². The fraction of sp³-hybridized carbons (Fsp3) is 0.667. The van der Waals surface area contributed by atoms with Crippen LogP contribution in [0.4, 0.5) is 8.78 Å². The summed E-state index contributed by atoms with van der Waals surface area (Å²) >= 11 is 0. The first-order chi connectivity index (χ1) is 6.40. The Morgan fingerprint density at radius 3 is 2.64 bits per heavy atom. The zero-order chi connectivity index (χ0) is 10.8. The molecule has 0 aliphatic rings. The standard InChI is InChI=1S/C9H15F2N3/c1-9(2,3)12-4-6-5-13-14-7(6)8(10)11/h5,8,12H,4H2,1-3H3,(H,13,14). The Labute approximate surface area is 81.9 Å². The van der Waals surface area contributed by atoms with E-state index in [2.05, 4.69) is 15.5 Å². The summed E-state index contributed by atoms with van der Waals surface area (Å²) < 4.78 is 24.8. The van der Waals surface area contributed by atoms with Crippen LogP contribution in [0, 0.1) is 0 Å². The topological polar surface area (TPSA) is 40.7 Å². The second kappa shape index (κ2) is 4.04. The van der Waals surface area contributed by atoms with E-state index >= 15 is 0 Å². The maximum atomic E-state index is 12.4. The molecule has 0 unspecified atom stereocenters. The van der Waals surface area contributed by atoms with E-state index in [-0.39, 0.29) is 11.2 Å². The summed E-state index contributed by atoms with van der Waals surface area (Å²) in [6.07, 6.45) is -1.06. The van der Waals surface area contributed by atoms with Gasteiger partial charge >= 0.3 is 0 Å². The molecule has 0 bridgehead atoms. The fourth-order valence-electron chi connectivity index (χ4n) is 1.01. The first-order valence-electron chi connectivity index (χ1n) is 4.45. The van der Waals surface area contributed by atoms with Gasteiger partial charge in [0.1, 0.15) is 5.69 Å². The third-order valence-corrected chi connectivity index (χ3v) is 1.78. The molecule has 0 atom stereocenters. The minimum atomic E-state index is -2.49. The molecule has 1 aromatic rings. The van der Waals surface area contributed by atoms with Crippen molar-refractivity contribution in [3.8, 4) is 0 Å².